The van der Waals surface area contributed by atoms with Gasteiger partial charge in [0.1, 0.15) is 11.4 Å². The van der Waals surface area contributed by atoms with Gasteiger partial charge in [-0.15, -0.1) is 0 Å². The van der Waals surface area contributed by atoms with E-state index in [1.54, 1.807) is 20.8 Å². The third kappa shape index (κ3) is 5.05. The van der Waals surface area contributed by atoms with Crippen molar-refractivity contribution >= 4 is 11.7 Å². The van der Waals surface area contributed by atoms with E-state index in [0.29, 0.717) is 6.07 Å². The molecule has 1 aromatic rings. The van der Waals surface area contributed by atoms with Gasteiger partial charge >= 0.3 is 12.1 Å². The van der Waals surface area contributed by atoms with Crippen LogP contribution in [-0.4, -0.2) is 37.0 Å². The predicted molar refractivity (Wildman–Crippen MR) is 102 cm³/mol. The fourth-order valence-corrected chi connectivity index (χ4v) is 3.28. The molecule has 0 saturated heterocycles. The minimum atomic E-state index is -4.90. The number of carbonyl (C=O) groups excluding carboxylic acids is 1. The third-order valence-corrected chi connectivity index (χ3v) is 4.37. The Balaban J connectivity index is 2.83. The highest BCUT2D eigenvalue weighted by atomic mass is 19.4. The fraction of sp³-hybridized carbons (Fsp3) is 0.476. The van der Waals surface area contributed by atoms with Crippen LogP contribution in [0.25, 0.3) is 4.85 Å². The van der Waals surface area contributed by atoms with E-state index in [1.165, 1.54) is 14.0 Å². The van der Waals surface area contributed by atoms with Crippen molar-refractivity contribution in [2.24, 2.45) is 4.99 Å². The third-order valence-electron chi connectivity index (χ3n) is 4.37. The van der Waals surface area contributed by atoms with Gasteiger partial charge in [-0.2, -0.15) is 13.2 Å². The molecule has 5 nitrogen and oxygen atoms in total. The number of ether oxygens (including phenoxy) is 2. The number of methoxy groups -OCH3 is 1. The summed E-state index contributed by atoms with van der Waals surface area (Å²) in [5, 5.41) is 0. The Labute approximate surface area is 172 Å². The summed E-state index contributed by atoms with van der Waals surface area (Å²) in [6.07, 6.45) is -4.90. The Morgan fingerprint density at radius 3 is 2.40 bits per heavy atom. The Hall–Kier alpha value is -2.73. The minimum absolute atomic E-state index is 0.0756. The van der Waals surface area contributed by atoms with Crippen molar-refractivity contribution < 1.29 is 31.8 Å². The number of hydrogen-bond acceptors (Lipinski definition) is 4. The van der Waals surface area contributed by atoms with Gasteiger partial charge in [0.05, 0.1) is 35.1 Å². The van der Waals surface area contributed by atoms with Gasteiger partial charge in [-0.1, -0.05) is 6.07 Å². The molecular weight excluding hydrogens is 404 g/mol. The Bertz CT molecular complexity index is 937. The Morgan fingerprint density at radius 1 is 1.27 bits per heavy atom. The topological polar surface area (TPSA) is 52.2 Å². The maximum absolute atomic E-state index is 13.7. The van der Waals surface area contributed by atoms with Gasteiger partial charge < -0.3 is 14.3 Å². The smallest absolute Gasteiger partial charge is 0.416 e. The maximum atomic E-state index is 13.7. The van der Waals surface area contributed by atoms with Crippen LogP contribution in [0.1, 0.15) is 44.7 Å². The maximum Gasteiger partial charge on any atom is 0.416 e. The summed E-state index contributed by atoms with van der Waals surface area (Å²) >= 11 is 0. The zero-order valence-corrected chi connectivity index (χ0v) is 17.2. The van der Waals surface area contributed by atoms with Crippen molar-refractivity contribution in [3.8, 4) is 0 Å². The summed E-state index contributed by atoms with van der Waals surface area (Å²) in [4.78, 5) is 20.7. The summed E-state index contributed by atoms with van der Waals surface area (Å²) in [5.41, 5.74) is -2.48. The molecule has 1 aliphatic heterocycles. The number of nitrogens with zero attached hydrogens (tertiary/aromatic N) is 2. The number of hydrogen-bond donors (Lipinski definition) is 0. The van der Waals surface area contributed by atoms with E-state index in [9.17, 15) is 22.4 Å². The first kappa shape index (κ1) is 23.5. The zero-order chi connectivity index (χ0) is 22.9. The quantitative estimate of drug-likeness (QED) is 0.390. The second-order valence-electron chi connectivity index (χ2n) is 7.83. The molecule has 0 aromatic heterocycles. The molecule has 0 spiro atoms. The van der Waals surface area contributed by atoms with Gasteiger partial charge in [0.25, 0.3) is 6.04 Å². The fourth-order valence-electron chi connectivity index (χ4n) is 3.28. The SMILES string of the molecule is [C-]#[N+]C1C(C)=NC(COC)=C(C(=O)OC(C)(C)C)C1c1ccc(F)cc1C(F)(F)F. The lowest BCUT2D eigenvalue weighted by Crippen LogP contribution is -2.36. The standard InChI is InChI=1S/C21H22F4N2O3/c1-11-18(26-5)16(13-8-7-12(22)9-14(13)21(23,24)25)17(15(27-11)10-29-6)19(28)30-20(2,3)4/h7-9,16,18H,10H2,1-4,6H3. The van der Waals surface area contributed by atoms with Crippen LogP contribution in [-0.2, 0) is 20.4 Å². The zero-order valence-electron chi connectivity index (χ0n) is 17.2. The van der Waals surface area contributed by atoms with Gasteiger partial charge in [-0.05, 0) is 45.4 Å². The van der Waals surface area contributed by atoms with E-state index in [1.807, 2.05) is 0 Å². The van der Waals surface area contributed by atoms with Gasteiger partial charge in [-0.25, -0.2) is 15.8 Å². The normalized spacial score (nSPS) is 19.9. The molecule has 0 amide bonds. The van der Waals surface area contributed by atoms with Gasteiger partial charge in [-0.3, -0.25) is 4.99 Å². The summed E-state index contributed by atoms with van der Waals surface area (Å²) < 4.78 is 65.3. The number of aliphatic imine (C=N–C) groups is 1. The van der Waals surface area contributed by atoms with Crippen LogP contribution < -0.4 is 0 Å². The summed E-state index contributed by atoms with van der Waals surface area (Å²) in [5.74, 6) is -3.33. The van der Waals surface area contributed by atoms with Crippen molar-refractivity contribution in [2.45, 2.75) is 51.4 Å². The Morgan fingerprint density at radius 2 is 1.90 bits per heavy atom. The molecule has 2 unspecified atom stereocenters. The molecule has 2 rings (SSSR count). The number of esters is 1. The minimum Gasteiger partial charge on any atom is -0.457 e. The molecule has 2 atom stereocenters. The van der Waals surface area contributed by atoms with E-state index in [2.05, 4.69) is 9.84 Å². The lowest BCUT2D eigenvalue weighted by atomic mass is 9.78. The van der Waals surface area contributed by atoms with E-state index >= 15 is 0 Å². The van der Waals surface area contributed by atoms with Crippen molar-refractivity contribution in [3.63, 3.8) is 0 Å². The summed E-state index contributed by atoms with van der Waals surface area (Å²) in [6, 6.07) is 0.990. The van der Waals surface area contributed by atoms with Crippen LogP contribution in [0.4, 0.5) is 17.6 Å². The molecule has 30 heavy (non-hydrogen) atoms. The predicted octanol–water partition coefficient (Wildman–Crippen LogP) is 4.93. The number of rotatable bonds is 4. The highest BCUT2D eigenvalue weighted by molar-refractivity contribution is 6.00. The second kappa shape index (κ2) is 8.56. The van der Waals surface area contributed by atoms with Crippen LogP contribution in [0.2, 0.25) is 0 Å². The molecule has 0 radical (unpaired) electrons. The van der Waals surface area contributed by atoms with Crippen LogP contribution in [0.5, 0.6) is 0 Å². The summed E-state index contributed by atoms with van der Waals surface area (Å²) in [6.45, 7) is 13.7. The van der Waals surface area contributed by atoms with Crippen LogP contribution in [0.3, 0.4) is 0 Å². The molecular formula is C21H22F4N2O3. The monoisotopic (exact) mass is 426 g/mol. The molecule has 162 valence electrons. The number of halogens is 4. The van der Waals surface area contributed by atoms with Crippen LogP contribution in [0, 0.1) is 12.4 Å². The molecule has 0 fully saturated rings. The average molecular weight is 426 g/mol. The van der Waals surface area contributed by atoms with Crippen LogP contribution in [0.15, 0.2) is 34.5 Å². The number of benzene rings is 1. The van der Waals surface area contributed by atoms with E-state index < -0.39 is 46.7 Å². The number of alkyl halides is 3. The first-order valence-electron chi connectivity index (χ1n) is 9.04. The van der Waals surface area contributed by atoms with Crippen molar-refractivity contribution in [1.29, 1.82) is 0 Å². The molecule has 0 saturated carbocycles. The first-order chi connectivity index (χ1) is 13.8. The molecule has 0 N–H and O–H groups in total. The summed E-state index contributed by atoms with van der Waals surface area (Å²) in [7, 11) is 1.35. The van der Waals surface area contributed by atoms with Crippen molar-refractivity contribution in [1.82, 2.24) is 0 Å². The molecule has 1 heterocycles. The van der Waals surface area contributed by atoms with Crippen molar-refractivity contribution in [2.75, 3.05) is 13.7 Å². The first-order valence-corrected chi connectivity index (χ1v) is 9.04. The van der Waals surface area contributed by atoms with Crippen molar-refractivity contribution in [3.05, 3.63) is 57.8 Å². The second-order valence-corrected chi connectivity index (χ2v) is 7.83. The van der Waals surface area contributed by atoms with E-state index in [-0.39, 0.29) is 23.6 Å². The van der Waals surface area contributed by atoms with Gasteiger partial charge in [0.15, 0.2) is 0 Å². The van der Waals surface area contributed by atoms with E-state index in [4.69, 9.17) is 16.0 Å². The molecule has 1 aromatic carbocycles. The molecule has 1 aliphatic rings. The Kier molecular flexibility index (Phi) is 6.72. The average Bonchev–Trinajstić information content (AvgIpc) is 2.59. The van der Waals surface area contributed by atoms with Crippen LogP contribution >= 0.6 is 0 Å². The highest BCUT2D eigenvalue weighted by Gasteiger charge is 2.47. The van der Waals surface area contributed by atoms with Gasteiger partial charge in [0.2, 0.25) is 0 Å². The molecule has 9 heteroatoms. The lowest BCUT2D eigenvalue weighted by Gasteiger charge is -2.30. The number of carbonyl (C=O) groups is 1. The van der Waals surface area contributed by atoms with E-state index in [0.717, 1.165) is 12.1 Å². The largest absolute Gasteiger partial charge is 0.457 e. The van der Waals surface area contributed by atoms with Gasteiger partial charge in [0, 0.05) is 7.11 Å². The molecule has 0 aliphatic carbocycles. The molecule has 0 bridgehead atoms. The highest BCUT2D eigenvalue weighted by Crippen LogP contribution is 2.43. The lowest BCUT2D eigenvalue weighted by molar-refractivity contribution is -0.150.